The van der Waals surface area contributed by atoms with Gasteiger partial charge in [0.2, 0.25) is 5.91 Å². The maximum Gasteiger partial charge on any atom is 0.276 e. The van der Waals surface area contributed by atoms with Gasteiger partial charge in [-0.1, -0.05) is 0 Å². The molecule has 0 aliphatic carbocycles. The second-order valence-corrected chi connectivity index (χ2v) is 4.77. The van der Waals surface area contributed by atoms with Crippen molar-refractivity contribution in [1.82, 2.24) is 9.88 Å². The molecule has 6 heteroatoms. The number of carbonyl (C=O) groups is 2. The minimum Gasteiger partial charge on any atom is -0.505 e. The maximum absolute atomic E-state index is 12.1. The molecule has 1 aliphatic rings. The first-order chi connectivity index (χ1) is 8.44. The van der Waals surface area contributed by atoms with E-state index in [9.17, 15) is 14.7 Å². The van der Waals surface area contributed by atoms with Gasteiger partial charge in [0.05, 0.1) is 5.41 Å². The fourth-order valence-corrected chi connectivity index (χ4v) is 2.05. The molecule has 0 bridgehead atoms. The van der Waals surface area contributed by atoms with Gasteiger partial charge in [0.1, 0.15) is 5.75 Å². The lowest BCUT2D eigenvalue weighted by atomic mass is 9.89. The Morgan fingerprint density at radius 1 is 1.56 bits per heavy atom. The average molecular weight is 249 g/mol. The number of rotatable bonds is 2. The van der Waals surface area contributed by atoms with Crippen LogP contribution in [0.2, 0.25) is 0 Å². The van der Waals surface area contributed by atoms with Crippen LogP contribution in [0.1, 0.15) is 23.8 Å². The number of hydrogen-bond donors (Lipinski definition) is 2. The predicted octanol–water partition coefficient (Wildman–Crippen LogP) is 0.125. The highest BCUT2D eigenvalue weighted by molar-refractivity contribution is 5.95. The van der Waals surface area contributed by atoms with Gasteiger partial charge >= 0.3 is 0 Å². The molecule has 0 radical (unpaired) electrons. The fraction of sp³-hybridized carbons (Fsp3) is 0.417. The Balaban J connectivity index is 2.18. The zero-order valence-electron chi connectivity index (χ0n) is 10.1. The van der Waals surface area contributed by atoms with Crippen LogP contribution in [0.15, 0.2) is 18.3 Å². The molecule has 3 N–H and O–H groups in total. The molecule has 2 rings (SSSR count). The smallest absolute Gasteiger partial charge is 0.276 e. The number of nitrogens with two attached hydrogens (primary N) is 1. The Labute approximate surface area is 104 Å². The van der Waals surface area contributed by atoms with Crippen molar-refractivity contribution in [3.8, 4) is 5.75 Å². The van der Waals surface area contributed by atoms with Gasteiger partial charge in [0.15, 0.2) is 5.69 Å². The van der Waals surface area contributed by atoms with E-state index < -0.39 is 11.3 Å². The van der Waals surface area contributed by atoms with E-state index in [-0.39, 0.29) is 23.9 Å². The number of hydrogen-bond acceptors (Lipinski definition) is 4. The molecule has 2 heterocycles. The molecule has 96 valence electrons. The third-order valence-corrected chi connectivity index (χ3v) is 3.34. The van der Waals surface area contributed by atoms with Crippen molar-refractivity contribution >= 4 is 11.8 Å². The number of amides is 2. The van der Waals surface area contributed by atoms with Crippen LogP contribution in [0.3, 0.4) is 0 Å². The Hall–Kier alpha value is -2.11. The number of pyridine rings is 1. The van der Waals surface area contributed by atoms with Gasteiger partial charge in [-0.25, -0.2) is 4.98 Å². The first-order valence-corrected chi connectivity index (χ1v) is 5.67. The summed E-state index contributed by atoms with van der Waals surface area (Å²) in [5.41, 5.74) is 4.63. The summed E-state index contributed by atoms with van der Waals surface area (Å²) in [6.45, 7) is 2.44. The molecule has 1 aliphatic heterocycles. The van der Waals surface area contributed by atoms with Crippen LogP contribution in [-0.4, -0.2) is 39.9 Å². The maximum atomic E-state index is 12.1. The van der Waals surface area contributed by atoms with Crippen LogP contribution in [0, 0.1) is 5.41 Å². The number of nitrogens with zero attached hydrogens (tertiary/aromatic N) is 2. The van der Waals surface area contributed by atoms with E-state index >= 15 is 0 Å². The van der Waals surface area contributed by atoms with Crippen LogP contribution in [0.4, 0.5) is 0 Å². The molecule has 1 fully saturated rings. The molecule has 1 atom stereocenters. The summed E-state index contributed by atoms with van der Waals surface area (Å²) in [6, 6.07) is 2.95. The summed E-state index contributed by atoms with van der Waals surface area (Å²) >= 11 is 0. The minimum absolute atomic E-state index is 0.00576. The largest absolute Gasteiger partial charge is 0.505 e. The molecule has 1 saturated heterocycles. The number of carbonyl (C=O) groups excluding carboxylic acids is 2. The minimum atomic E-state index is -0.694. The third-order valence-electron chi connectivity index (χ3n) is 3.34. The van der Waals surface area contributed by atoms with Crippen LogP contribution < -0.4 is 5.73 Å². The SMILES string of the molecule is CC1(C(N)=O)CCN(C(=O)c2ncccc2O)C1. The Morgan fingerprint density at radius 2 is 2.28 bits per heavy atom. The van der Waals surface area contributed by atoms with Crippen molar-refractivity contribution in [3.63, 3.8) is 0 Å². The fourth-order valence-electron chi connectivity index (χ4n) is 2.05. The summed E-state index contributed by atoms with van der Waals surface area (Å²) in [6.07, 6.45) is 1.97. The van der Waals surface area contributed by atoms with Gasteiger partial charge in [0, 0.05) is 19.3 Å². The van der Waals surface area contributed by atoms with Gasteiger partial charge in [-0.2, -0.15) is 0 Å². The first-order valence-electron chi connectivity index (χ1n) is 5.67. The number of primary amides is 1. The normalized spacial score (nSPS) is 23.1. The van der Waals surface area contributed by atoms with Gasteiger partial charge in [-0.15, -0.1) is 0 Å². The highest BCUT2D eigenvalue weighted by atomic mass is 16.3. The number of likely N-dealkylation sites (tertiary alicyclic amines) is 1. The quantitative estimate of drug-likeness (QED) is 0.778. The lowest BCUT2D eigenvalue weighted by Gasteiger charge is -2.20. The standard InChI is InChI=1S/C12H15N3O3/c1-12(11(13)18)4-6-15(7-12)10(17)9-8(16)3-2-5-14-9/h2-3,5,16H,4,6-7H2,1H3,(H2,13,18). The topological polar surface area (TPSA) is 96.5 Å². The van der Waals surface area contributed by atoms with Gasteiger partial charge in [-0.05, 0) is 25.5 Å². The monoisotopic (exact) mass is 249 g/mol. The first kappa shape index (κ1) is 12.3. The molecule has 0 aromatic carbocycles. The molecule has 2 amide bonds. The summed E-state index contributed by atoms with van der Waals surface area (Å²) < 4.78 is 0. The van der Waals surface area contributed by atoms with Crippen LogP contribution in [0.25, 0.3) is 0 Å². The van der Waals surface area contributed by atoms with Crippen molar-refractivity contribution in [2.24, 2.45) is 11.1 Å². The van der Waals surface area contributed by atoms with Crippen LogP contribution in [-0.2, 0) is 4.79 Å². The van der Waals surface area contributed by atoms with E-state index in [1.807, 2.05) is 0 Å². The second kappa shape index (κ2) is 4.29. The zero-order valence-corrected chi connectivity index (χ0v) is 10.1. The van der Waals surface area contributed by atoms with Crippen LogP contribution in [0.5, 0.6) is 5.75 Å². The molecule has 0 spiro atoms. The summed E-state index contributed by atoms with van der Waals surface area (Å²) in [5.74, 6) is -0.948. The van der Waals surface area contributed by atoms with E-state index in [1.165, 1.54) is 17.2 Å². The molecule has 1 aromatic rings. The summed E-state index contributed by atoms with van der Waals surface area (Å²) in [7, 11) is 0. The second-order valence-electron chi connectivity index (χ2n) is 4.77. The number of aromatic nitrogens is 1. The van der Waals surface area contributed by atoms with E-state index in [0.717, 1.165) is 0 Å². The van der Waals surface area contributed by atoms with E-state index in [2.05, 4.69) is 4.98 Å². The van der Waals surface area contributed by atoms with Crippen molar-refractivity contribution in [3.05, 3.63) is 24.0 Å². The van der Waals surface area contributed by atoms with E-state index in [0.29, 0.717) is 13.0 Å². The Morgan fingerprint density at radius 3 is 2.83 bits per heavy atom. The van der Waals surface area contributed by atoms with Crippen molar-refractivity contribution in [1.29, 1.82) is 0 Å². The van der Waals surface area contributed by atoms with E-state index in [4.69, 9.17) is 5.73 Å². The molecule has 18 heavy (non-hydrogen) atoms. The van der Waals surface area contributed by atoms with Crippen LogP contribution >= 0.6 is 0 Å². The number of aromatic hydroxyl groups is 1. The van der Waals surface area contributed by atoms with Gasteiger partial charge in [-0.3, -0.25) is 9.59 Å². The molecule has 6 nitrogen and oxygen atoms in total. The van der Waals surface area contributed by atoms with Crippen molar-refractivity contribution < 1.29 is 14.7 Å². The van der Waals surface area contributed by atoms with Gasteiger partial charge < -0.3 is 15.7 Å². The average Bonchev–Trinajstić information content (AvgIpc) is 2.73. The molecular formula is C12H15N3O3. The summed E-state index contributed by atoms with van der Waals surface area (Å²) in [4.78, 5) is 28.8. The molecule has 0 saturated carbocycles. The highest BCUT2D eigenvalue weighted by Gasteiger charge is 2.41. The summed E-state index contributed by atoms with van der Waals surface area (Å²) in [5, 5.41) is 9.58. The van der Waals surface area contributed by atoms with Gasteiger partial charge in [0.25, 0.3) is 5.91 Å². The molecule has 1 unspecified atom stereocenters. The van der Waals surface area contributed by atoms with E-state index in [1.54, 1.807) is 13.0 Å². The third kappa shape index (κ3) is 2.01. The Kier molecular flexibility index (Phi) is 2.94. The Bertz CT molecular complexity index is 503. The van der Waals surface area contributed by atoms with Crippen molar-refractivity contribution in [2.45, 2.75) is 13.3 Å². The molecule has 1 aromatic heterocycles. The highest BCUT2D eigenvalue weighted by Crippen LogP contribution is 2.31. The lowest BCUT2D eigenvalue weighted by molar-refractivity contribution is -0.126. The molecular weight excluding hydrogens is 234 g/mol. The zero-order chi connectivity index (χ0) is 13.3. The lowest BCUT2D eigenvalue weighted by Crippen LogP contribution is -2.38. The predicted molar refractivity (Wildman–Crippen MR) is 63.7 cm³/mol. The van der Waals surface area contributed by atoms with Crippen molar-refractivity contribution in [2.75, 3.05) is 13.1 Å².